The fourth-order valence-corrected chi connectivity index (χ4v) is 4.31. The first-order valence-corrected chi connectivity index (χ1v) is 11.2. The molecular formula is C22H18F2N4O4S. The zero-order valence-corrected chi connectivity index (χ0v) is 18.0. The molecule has 0 saturated heterocycles. The van der Waals surface area contributed by atoms with Gasteiger partial charge in [0.05, 0.1) is 22.0 Å². The summed E-state index contributed by atoms with van der Waals surface area (Å²) in [6, 6.07) is 12.7. The second kappa shape index (κ2) is 8.51. The Hall–Kier alpha value is -3.99. The minimum Gasteiger partial charge on any atom is -0.346 e. The third-order valence-electron chi connectivity index (χ3n) is 4.99. The van der Waals surface area contributed by atoms with Gasteiger partial charge in [-0.1, -0.05) is 6.07 Å². The first kappa shape index (κ1) is 22.2. The fourth-order valence-electron chi connectivity index (χ4n) is 3.23. The van der Waals surface area contributed by atoms with Crippen molar-refractivity contribution in [3.8, 4) is 0 Å². The van der Waals surface area contributed by atoms with Gasteiger partial charge in [0.2, 0.25) is 0 Å². The second-order valence-electron chi connectivity index (χ2n) is 7.34. The van der Waals surface area contributed by atoms with Crippen molar-refractivity contribution in [2.45, 2.75) is 17.9 Å². The van der Waals surface area contributed by atoms with Crippen molar-refractivity contribution in [2.24, 2.45) is 0 Å². The zero-order valence-electron chi connectivity index (χ0n) is 17.1. The molecule has 4 rings (SSSR count). The van der Waals surface area contributed by atoms with E-state index in [2.05, 4.69) is 20.0 Å². The Labute approximate surface area is 186 Å². The Morgan fingerprint density at radius 2 is 1.61 bits per heavy atom. The maximum absolute atomic E-state index is 13.4. The molecule has 33 heavy (non-hydrogen) atoms. The molecule has 4 N–H and O–H groups in total. The van der Waals surface area contributed by atoms with E-state index < -0.39 is 39.3 Å². The SMILES string of the molecule is CC(NC(=O)c1ccc(NS(=O)(=O)c2ccc3[nH]c(=O)[nH]c3c2)cc1)c1ccc(F)c(F)c1. The molecule has 1 amide bonds. The molecule has 1 heterocycles. The molecule has 0 aliphatic heterocycles. The molecule has 170 valence electrons. The third kappa shape index (κ3) is 4.77. The number of aromatic amines is 2. The zero-order chi connectivity index (χ0) is 23.8. The molecule has 1 aromatic heterocycles. The summed E-state index contributed by atoms with van der Waals surface area (Å²) in [5.41, 5.74) is 1.26. The molecule has 1 unspecified atom stereocenters. The summed E-state index contributed by atoms with van der Waals surface area (Å²) in [6.45, 7) is 1.63. The summed E-state index contributed by atoms with van der Waals surface area (Å²) in [7, 11) is -3.94. The van der Waals surface area contributed by atoms with Crippen molar-refractivity contribution < 1.29 is 22.0 Å². The molecule has 3 aromatic carbocycles. The van der Waals surface area contributed by atoms with Crippen LogP contribution in [0.4, 0.5) is 14.5 Å². The predicted molar refractivity (Wildman–Crippen MR) is 118 cm³/mol. The molecule has 8 nitrogen and oxygen atoms in total. The first-order chi connectivity index (χ1) is 15.6. The van der Waals surface area contributed by atoms with Gasteiger partial charge >= 0.3 is 5.69 Å². The smallest absolute Gasteiger partial charge is 0.323 e. The number of aromatic nitrogens is 2. The second-order valence-corrected chi connectivity index (χ2v) is 9.02. The number of halogens is 2. The molecule has 0 aliphatic rings. The van der Waals surface area contributed by atoms with E-state index in [0.29, 0.717) is 16.6 Å². The van der Waals surface area contributed by atoms with Crippen LogP contribution in [-0.2, 0) is 10.0 Å². The van der Waals surface area contributed by atoms with Crippen molar-refractivity contribution in [1.29, 1.82) is 0 Å². The highest BCUT2D eigenvalue weighted by molar-refractivity contribution is 7.92. The van der Waals surface area contributed by atoms with Crippen molar-refractivity contribution >= 4 is 32.7 Å². The Bertz CT molecular complexity index is 1510. The highest BCUT2D eigenvalue weighted by Crippen LogP contribution is 2.20. The number of fused-ring (bicyclic) bond motifs is 1. The normalized spacial score (nSPS) is 12.5. The van der Waals surface area contributed by atoms with Gasteiger partial charge in [-0.05, 0) is 67.1 Å². The lowest BCUT2D eigenvalue weighted by Crippen LogP contribution is -2.26. The van der Waals surface area contributed by atoms with E-state index in [1.54, 1.807) is 6.92 Å². The minimum atomic E-state index is -3.94. The number of H-pyrrole nitrogens is 2. The number of rotatable bonds is 6. The van der Waals surface area contributed by atoms with Gasteiger partial charge in [-0.2, -0.15) is 0 Å². The average molecular weight is 472 g/mol. The molecule has 0 radical (unpaired) electrons. The van der Waals surface area contributed by atoms with Crippen LogP contribution >= 0.6 is 0 Å². The molecule has 11 heteroatoms. The molecule has 4 aromatic rings. The van der Waals surface area contributed by atoms with Crippen molar-refractivity contribution in [2.75, 3.05) is 4.72 Å². The van der Waals surface area contributed by atoms with E-state index in [1.165, 1.54) is 48.5 Å². The van der Waals surface area contributed by atoms with Gasteiger partial charge in [0, 0.05) is 11.3 Å². The van der Waals surface area contributed by atoms with Crippen LogP contribution in [0.15, 0.2) is 70.4 Å². The van der Waals surface area contributed by atoms with Gasteiger partial charge in [0.15, 0.2) is 11.6 Å². The van der Waals surface area contributed by atoms with Crippen LogP contribution in [0.1, 0.15) is 28.9 Å². The number of nitrogens with one attached hydrogen (secondary N) is 4. The summed E-state index contributed by atoms with van der Waals surface area (Å²) in [6.07, 6.45) is 0. The highest BCUT2D eigenvalue weighted by Gasteiger charge is 2.17. The number of benzene rings is 3. The molecule has 0 bridgehead atoms. The minimum absolute atomic E-state index is 0.0487. The van der Waals surface area contributed by atoms with Crippen molar-refractivity contribution in [3.05, 3.63) is 93.9 Å². The topological polar surface area (TPSA) is 124 Å². The van der Waals surface area contributed by atoms with Gasteiger partial charge in [0.25, 0.3) is 15.9 Å². The van der Waals surface area contributed by atoms with Gasteiger partial charge < -0.3 is 15.3 Å². The summed E-state index contributed by atoms with van der Waals surface area (Å²) >= 11 is 0. The van der Waals surface area contributed by atoms with Gasteiger partial charge in [0.1, 0.15) is 0 Å². The summed E-state index contributed by atoms with van der Waals surface area (Å²) in [4.78, 5) is 28.8. The monoisotopic (exact) mass is 472 g/mol. The van der Waals surface area contributed by atoms with Crippen LogP contribution in [0.25, 0.3) is 11.0 Å². The number of carbonyl (C=O) groups excluding carboxylic acids is 1. The number of carbonyl (C=O) groups is 1. The van der Waals surface area contributed by atoms with Crippen LogP contribution < -0.4 is 15.7 Å². The summed E-state index contributed by atoms with van der Waals surface area (Å²) in [5, 5.41) is 2.67. The van der Waals surface area contributed by atoms with E-state index in [1.807, 2.05) is 0 Å². The summed E-state index contributed by atoms with van der Waals surface area (Å²) < 4.78 is 54.3. The van der Waals surface area contributed by atoms with Gasteiger partial charge in [-0.15, -0.1) is 0 Å². The van der Waals surface area contributed by atoms with E-state index >= 15 is 0 Å². The lowest BCUT2D eigenvalue weighted by Gasteiger charge is -2.15. The van der Waals surface area contributed by atoms with Crippen molar-refractivity contribution in [3.63, 3.8) is 0 Å². The number of amides is 1. The number of anilines is 1. The van der Waals surface area contributed by atoms with Gasteiger partial charge in [-0.3, -0.25) is 9.52 Å². The van der Waals surface area contributed by atoms with Crippen molar-refractivity contribution in [1.82, 2.24) is 15.3 Å². The maximum atomic E-state index is 13.4. The van der Waals surface area contributed by atoms with E-state index in [4.69, 9.17) is 0 Å². The lowest BCUT2D eigenvalue weighted by molar-refractivity contribution is 0.0940. The van der Waals surface area contributed by atoms with Crippen LogP contribution in [0.5, 0.6) is 0 Å². The largest absolute Gasteiger partial charge is 0.346 e. The van der Waals surface area contributed by atoms with E-state index in [9.17, 15) is 26.8 Å². The Kier molecular flexibility index (Phi) is 5.73. The summed E-state index contributed by atoms with van der Waals surface area (Å²) in [5.74, 6) is -2.45. The number of imidazole rings is 1. The maximum Gasteiger partial charge on any atom is 0.323 e. The van der Waals surface area contributed by atoms with Crippen LogP contribution in [0, 0.1) is 11.6 Å². The van der Waals surface area contributed by atoms with E-state index in [-0.39, 0.29) is 16.1 Å². The fraction of sp³-hybridized carbons (Fsp3) is 0.0909. The van der Waals surface area contributed by atoms with E-state index in [0.717, 1.165) is 12.1 Å². The number of hydrogen-bond donors (Lipinski definition) is 4. The number of sulfonamides is 1. The Morgan fingerprint density at radius 1 is 0.909 bits per heavy atom. The molecular weight excluding hydrogens is 454 g/mol. The first-order valence-electron chi connectivity index (χ1n) is 9.73. The quantitative estimate of drug-likeness (QED) is 0.343. The number of hydrogen-bond acceptors (Lipinski definition) is 4. The standard InChI is InChI=1S/C22H18F2N4O4S/c1-12(14-4-8-17(23)18(24)10-14)25-21(29)13-2-5-15(6-3-13)28-33(31,32)16-7-9-19-20(11-16)27-22(30)26-19/h2-12,28H,1H3,(H,25,29)(H2,26,27,30). The molecule has 1 atom stereocenters. The molecule has 0 aliphatic carbocycles. The van der Waals surface area contributed by atoms with Crippen LogP contribution in [0.3, 0.4) is 0 Å². The van der Waals surface area contributed by atoms with Crippen LogP contribution in [-0.4, -0.2) is 24.3 Å². The highest BCUT2D eigenvalue weighted by atomic mass is 32.2. The Morgan fingerprint density at radius 3 is 2.30 bits per heavy atom. The molecule has 0 fully saturated rings. The molecule has 0 spiro atoms. The predicted octanol–water partition coefficient (Wildman–Crippen LogP) is 3.43. The van der Waals surface area contributed by atoms with Gasteiger partial charge in [-0.25, -0.2) is 22.0 Å². The third-order valence-corrected chi connectivity index (χ3v) is 6.37. The average Bonchev–Trinajstić information content (AvgIpc) is 3.15. The Balaban J connectivity index is 1.46. The lowest BCUT2D eigenvalue weighted by atomic mass is 10.1. The van der Waals surface area contributed by atoms with Crippen LogP contribution in [0.2, 0.25) is 0 Å². The molecule has 0 saturated carbocycles.